The average Bonchev–Trinajstić information content (AvgIpc) is 2.61. The van der Waals surface area contributed by atoms with E-state index in [0.29, 0.717) is 5.92 Å². The number of alkyl halides is 3. The van der Waals surface area contributed by atoms with E-state index in [1.54, 1.807) is 0 Å². The smallest absolute Gasteiger partial charge is 0.306 e. The lowest BCUT2D eigenvalue weighted by Crippen LogP contribution is -2.39. The molecule has 1 aromatic rings. The van der Waals surface area contributed by atoms with Gasteiger partial charge in [-0.15, -0.1) is 0 Å². The molecule has 2 rings (SSSR count). The third-order valence-electron chi connectivity index (χ3n) is 4.99. The number of halogens is 3. The molecule has 1 aromatic carbocycles. The largest absolute Gasteiger partial charge is 0.416 e. The molecule has 27 heavy (non-hydrogen) atoms. The molecule has 4 nitrogen and oxygen atoms in total. The number of sulfonamides is 1. The summed E-state index contributed by atoms with van der Waals surface area (Å²) in [5.41, 5.74) is -0.853. The molecule has 8 heteroatoms. The molecule has 152 valence electrons. The lowest BCUT2D eigenvalue weighted by atomic mass is 9.86. The van der Waals surface area contributed by atoms with Crippen molar-refractivity contribution in [3.8, 4) is 0 Å². The normalized spacial score (nSPS) is 22.1. The van der Waals surface area contributed by atoms with E-state index in [2.05, 4.69) is 17.1 Å². The summed E-state index contributed by atoms with van der Waals surface area (Å²) >= 11 is 0. The molecular formula is C19H27F3N2O2S. The van der Waals surface area contributed by atoms with Crippen LogP contribution < -0.4 is 0 Å². The van der Waals surface area contributed by atoms with Gasteiger partial charge in [-0.25, -0.2) is 8.42 Å². The summed E-state index contributed by atoms with van der Waals surface area (Å²) in [7, 11) is 1.71. The Morgan fingerprint density at radius 2 is 1.59 bits per heavy atom. The van der Waals surface area contributed by atoms with Crippen LogP contribution in [0, 0.1) is 5.92 Å². The van der Waals surface area contributed by atoms with Crippen LogP contribution in [0.4, 0.5) is 13.2 Å². The van der Waals surface area contributed by atoms with Crippen molar-refractivity contribution in [2.45, 2.75) is 42.8 Å². The third kappa shape index (κ3) is 5.80. The van der Waals surface area contributed by atoms with E-state index in [1.807, 2.05) is 14.1 Å². The van der Waals surface area contributed by atoms with Gasteiger partial charge in [0.1, 0.15) is 0 Å². The first-order valence-corrected chi connectivity index (χ1v) is 10.4. The summed E-state index contributed by atoms with van der Waals surface area (Å²) in [6, 6.07) is 3.56. The standard InChI is InChI=1S/C19H27F3N2O2S/c1-23(2)14-4-5-15-6-10-17(11-7-15)24(3)27(25,26)18-12-8-16(9-13-18)19(20,21)22/h4-5,8-9,12-13,15,17H,6-7,10-11,14H2,1-3H3/t15-,17-. The topological polar surface area (TPSA) is 40.6 Å². The van der Waals surface area contributed by atoms with Crippen molar-refractivity contribution in [3.05, 3.63) is 42.0 Å². The zero-order valence-corrected chi connectivity index (χ0v) is 16.7. The van der Waals surface area contributed by atoms with E-state index in [-0.39, 0.29) is 10.9 Å². The maximum Gasteiger partial charge on any atom is 0.416 e. The van der Waals surface area contributed by atoms with Crippen LogP contribution in [0.5, 0.6) is 0 Å². The van der Waals surface area contributed by atoms with Crippen LogP contribution >= 0.6 is 0 Å². The van der Waals surface area contributed by atoms with E-state index in [4.69, 9.17) is 0 Å². The van der Waals surface area contributed by atoms with Gasteiger partial charge in [0.15, 0.2) is 0 Å². The van der Waals surface area contributed by atoms with Crippen LogP contribution in [-0.2, 0) is 16.2 Å². The molecule has 0 N–H and O–H groups in total. The minimum absolute atomic E-state index is 0.106. The van der Waals surface area contributed by atoms with Gasteiger partial charge < -0.3 is 4.90 Å². The zero-order valence-electron chi connectivity index (χ0n) is 15.9. The summed E-state index contributed by atoms with van der Waals surface area (Å²) in [5.74, 6) is 0.448. The number of likely N-dealkylation sites (N-methyl/N-ethyl adjacent to an activating group) is 1. The molecule has 1 aliphatic rings. The van der Waals surface area contributed by atoms with E-state index in [1.165, 1.54) is 11.4 Å². The Morgan fingerprint density at radius 3 is 2.07 bits per heavy atom. The number of hydrogen-bond acceptors (Lipinski definition) is 3. The van der Waals surface area contributed by atoms with Crippen molar-refractivity contribution in [1.29, 1.82) is 0 Å². The van der Waals surface area contributed by atoms with E-state index >= 15 is 0 Å². The minimum atomic E-state index is -4.48. The highest BCUT2D eigenvalue weighted by Gasteiger charge is 2.33. The molecule has 0 spiro atoms. The predicted octanol–water partition coefficient (Wildman–Crippen LogP) is 4.00. The molecule has 0 amide bonds. The van der Waals surface area contributed by atoms with Gasteiger partial charge in [-0.2, -0.15) is 17.5 Å². The second kappa shape index (κ2) is 8.75. The third-order valence-corrected chi connectivity index (χ3v) is 6.92. The zero-order chi connectivity index (χ0) is 20.2. The summed E-state index contributed by atoms with van der Waals surface area (Å²) in [6.07, 6.45) is 3.14. The van der Waals surface area contributed by atoms with Crippen LogP contribution in [-0.4, -0.2) is 51.4 Å². The molecule has 0 heterocycles. The molecule has 0 radical (unpaired) electrons. The van der Waals surface area contributed by atoms with E-state index < -0.39 is 21.8 Å². The lowest BCUT2D eigenvalue weighted by Gasteiger charge is -2.33. The Labute approximate surface area is 159 Å². The van der Waals surface area contributed by atoms with E-state index in [9.17, 15) is 21.6 Å². The van der Waals surface area contributed by atoms with Crippen molar-refractivity contribution in [3.63, 3.8) is 0 Å². The Hall–Kier alpha value is -1.38. The Morgan fingerprint density at radius 1 is 1.04 bits per heavy atom. The van der Waals surface area contributed by atoms with Crippen molar-refractivity contribution in [2.75, 3.05) is 27.7 Å². The van der Waals surface area contributed by atoms with Gasteiger partial charge in [0.2, 0.25) is 10.0 Å². The molecule has 0 aromatic heterocycles. The molecule has 0 unspecified atom stereocenters. The first-order valence-electron chi connectivity index (χ1n) is 8.98. The van der Waals surface area contributed by atoms with Crippen molar-refractivity contribution in [2.24, 2.45) is 5.92 Å². The summed E-state index contributed by atoms with van der Waals surface area (Å²) in [6.45, 7) is 0.877. The fourth-order valence-electron chi connectivity index (χ4n) is 3.30. The van der Waals surface area contributed by atoms with Crippen molar-refractivity contribution in [1.82, 2.24) is 9.21 Å². The SMILES string of the molecule is CN(C)CC=C[C@H]1CC[C@H](N(C)S(=O)(=O)c2ccc(C(F)(F)F)cc2)CC1. The number of benzene rings is 1. The van der Waals surface area contributed by atoms with Gasteiger partial charge >= 0.3 is 6.18 Å². The van der Waals surface area contributed by atoms with Crippen molar-refractivity contribution >= 4 is 10.0 Å². The first-order chi connectivity index (χ1) is 12.5. The highest BCUT2D eigenvalue weighted by atomic mass is 32.2. The molecule has 1 fully saturated rings. The monoisotopic (exact) mass is 404 g/mol. The Kier molecular flexibility index (Phi) is 7.10. The fourth-order valence-corrected chi connectivity index (χ4v) is 4.72. The quantitative estimate of drug-likeness (QED) is 0.673. The van der Waals surface area contributed by atoms with Crippen LogP contribution in [0.2, 0.25) is 0 Å². The number of allylic oxidation sites excluding steroid dienone is 1. The van der Waals surface area contributed by atoms with Gasteiger partial charge in [0, 0.05) is 19.6 Å². The molecule has 0 saturated heterocycles. The van der Waals surface area contributed by atoms with Gasteiger partial charge in [0.05, 0.1) is 10.5 Å². The highest BCUT2D eigenvalue weighted by molar-refractivity contribution is 7.89. The van der Waals surface area contributed by atoms with Gasteiger partial charge in [-0.3, -0.25) is 0 Å². The molecule has 1 aliphatic carbocycles. The van der Waals surface area contributed by atoms with Crippen molar-refractivity contribution < 1.29 is 21.6 Å². The van der Waals surface area contributed by atoms with Crippen LogP contribution in [0.15, 0.2) is 41.3 Å². The minimum Gasteiger partial charge on any atom is -0.306 e. The van der Waals surface area contributed by atoms with Gasteiger partial charge in [-0.05, 0) is 70.0 Å². The molecule has 0 aliphatic heterocycles. The maximum atomic E-state index is 12.7. The maximum absolute atomic E-state index is 12.7. The Balaban J connectivity index is 2.00. The summed E-state index contributed by atoms with van der Waals surface area (Å²) < 4.78 is 64.8. The lowest BCUT2D eigenvalue weighted by molar-refractivity contribution is -0.137. The molecule has 1 saturated carbocycles. The van der Waals surface area contributed by atoms with Crippen LogP contribution in [0.1, 0.15) is 31.2 Å². The molecule has 0 atom stereocenters. The Bertz CT molecular complexity index is 735. The number of rotatable bonds is 6. The summed E-state index contributed by atoms with van der Waals surface area (Å²) in [5, 5.41) is 0. The first kappa shape index (κ1) is 21.9. The highest BCUT2D eigenvalue weighted by Crippen LogP contribution is 2.32. The molecular weight excluding hydrogens is 377 g/mol. The molecule has 0 bridgehead atoms. The average molecular weight is 404 g/mol. The number of hydrogen-bond donors (Lipinski definition) is 0. The second-order valence-electron chi connectivity index (χ2n) is 7.30. The van der Waals surface area contributed by atoms with Crippen LogP contribution in [0.25, 0.3) is 0 Å². The van der Waals surface area contributed by atoms with Gasteiger partial charge in [-0.1, -0.05) is 12.2 Å². The summed E-state index contributed by atoms with van der Waals surface area (Å²) in [4.78, 5) is 1.97. The fraction of sp³-hybridized carbons (Fsp3) is 0.579. The van der Waals surface area contributed by atoms with Gasteiger partial charge in [0.25, 0.3) is 0 Å². The van der Waals surface area contributed by atoms with E-state index in [0.717, 1.165) is 56.5 Å². The van der Waals surface area contributed by atoms with Crippen LogP contribution in [0.3, 0.4) is 0 Å². The number of nitrogens with zero attached hydrogens (tertiary/aromatic N) is 2. The second-order valence-corrected chi connectivity index (χ2v) is 9.30. The predicted molar refractivity (Wildman–Crippen MR) is 99.8 cm³/mol.